The highest BCUT2D eigenvalue weighted by Gasteiger charge is 2.27. The molecule has 3 rings (SSSR count). The highest BCUT2D eigenvalue weighted by atomic mass is 79.9. The van der Waals surface area contributed by atoms with Crippen molar-refractivity contribution < 1.29 is 14.0 Å². The number of anilines is 1. The molecule has 1 heterocycles. The van der Waals surface area contributed by atoms with Crippen LogP contribution in [0.4, 0.5) is 9.39 Å². The van der Waals surface area contributed by atoms with Crippen molar-refractivity contribution in [3.05, 3.63) is 50.1 Å². The van der Waals surface area contributed by atoms with Gasteiger partial charge >= 0.3 is 0 Å². The molecule has 1 aliphatic rings. The Hall–Kier alpha value is -1.73. The summed E-state index contributed by atoms with van der Waals surface area (Å²) in [6.07, 6.45) is 2.68. The summed E-state index contributed by atoms with van der Waals surface area (Å²) < 4.78 is 14.5. The van der Waals surface area contributed by atoms with E-state index < -0.39 is 17.6 Å². The molecule has 126 valence electrons. The van der Waals surface area contributed by atoms with E-state index in [1.54, 1.807) is 6.07 Å². The Labute approximate surface area is 151 Å². The predicted molar refractivity (Wildman–Crippen MR) is 96.1 cm³/mol. The minimum atomic E-state index is -0.627. The normalized spacial score (nSPS) is 16.5. The second kappa shape index (κ2) is 6.64. The fraction of sp³-hybridized carbons (Fsp3) is 0.294. The molecule has 0 spiro atoms. The Morgan fingerprint density at radius 3 is 2.83 bits per heavy atom. The van der Waals surface area contributed by atoms with Crippen LogP contribution in [0.15, 0.2) is 22.7 Å². The standard InChI is InChI=1S/C17H16BrFN2O2S/c1-8-2-5-13-11(6-8)14(15(20)22)17(24-13)21-16(23)10-4-3-9(18)7-12(10)19/h3-4,7-8H,2,5-6H2,1H3,(H2,20,22)(H,21,23)/t8-/m0/s1. The minimum absolute atomic E-state index is 0.0756. The van der Waals surface area contributed by atoms with Gasteiger partial charge in [0, 0.05) is 9.35 Å². The summed E-state index contributed by atoms with van der Waals surface area (Å²) in [6, 6.07) is 4.22. The minimum Gasteiger partial charge on any atom is -0.365 e. The molecule has 0 saturated carbocycles. The third-order valence-corrected chi connectivity index (χ3v) is 5.86. The molecule has 3 N–H and O–H groups in total. The van der Waals surface area contributed by atoms with E-state index in [1.807, 2.05) is 0 Å². The van der Waals surface area contributed by atoms with E-state index in [4.69, 9.17) is 5.73 Å². The third-order valence-electron chi connectivity index (χ3n) is 4.16. The molecule has 2 aromatic rings. The Morgan fingerprint density at radius 1 is 1.42 bits per heavy atom. The van der Waals surface area contributed by atoms with Gasteiger partial charge in [-0.25, -0.2) is 4.39 Å². The molecule has 0 unspecified atom stereocenters. The topological polar surface area (TPSA) is 72.2 Å². The molecule has 4 nitrogen and oxygen atoms in total. The van der Waals surface area contributed by atoms with Gasteiger partial charge in [-0.3, -0.25) is 9.59 Å². The van der Waals surface area contributed by atoms with Crippen LogP contribution in [-0.4, -0.2) is 11.8 Å². The molecule has 0 fully saturated rings. The van der Waals surface area contributed by atoms with Gasteiger partial charge in [0.2, 0.25) is 0 Å². The third kappa shape index (κ3) is 3.23. The van der Waals surface area contributed by atoms with Crippen molar-refractivity contribution in [2.24, 2.45) is 11.7 Å². The number of benzene rings is 1. The molecule has 1 aromatic carbocycles. The van der Waals surface area contributed by atoms with Gasteiger partial charge < -0.3 is 11.1 Å². The Balaban J connectivity index is 1.95. The highest BCUT2D eigenvalue weighted by Crippen LogP contribution is 2.39. The molecule has 0 radical (unpaired) electrons. The van der Waals surface area contributed by atoms with E-state index in [0.29, 0.717) is 21.0 Å². The number of nitrogens with one attached hydrogen (secondary N) is 1. The van der Waals surface area contributed by atoms with Gasteiger partial charge in [0.25, 0.3) is 11.8 Å². The van der Waals surface area contributed by atoms with Crippen LogP contribution in [0.5, 0.6) is 0 Å². The lowest BCUT2D eigenvalue weighted by Crippen LogP contribution is -2.20. The quantitative estimate of drug-likeness (QED) is 0.798. The van der Waals surface area contributed by atoms with E-state index in [9.17, 15) is 14.0 Å². The zero-order valence-corrected chi connectivity index (χ0v) is 15.4. The maximum atomic E-state index is 14.0. The summed E-state index contributed by atoms with van der Waals surface area (Å²) >= 11 is 4.52. The van der Waals surface area contributed by atoms with Crippen molar-refractivity contribution in [3.63, 3.8) is 0 Å². The number of amides is 2. The second-order valence-corrected chi connectivity index (χ2v) is 8.02. The van der Waals surface area contributed by atoms with Crippen LogP contribution in [0.2, 0.25) is 0 Å². The summed E-state index contributed by atoms with van der Waals surface area (Å²) in [5, 5.41) is 3.07. The van der Waals surface area contributed by atoms with E-state index in [0.717, 1.165) is 29.7 Å². The van der Waals surface area contributed by atoms with Crippen LogP contribution in [0.25, 0.3) is 0 Å². The van der Waals surface area contributed by atoms with Crippen LogP contribution in [0.1, 0.15) is 44.5 Å². The van der Waals surface area contributed by atoms with Crippen LogP contribution < -0.4 is 11.1 Å². The van der Waals surface area contributed by atoms with Crippen LogP contribution in [0, 0.1) is 11.7 Å². The van der Waals surface area contributed by atoms with Crippen LogP contribution in [0.3, 0.4) is 0 Å². The molecule has 1 atom stereocenters. The molecule has 1 aromatic heterocycles. The molecule has 0 bridgehead atoms. The summed E-state index contributed by atoms with van der Waals surface area (Å²) in [4.78, 5) is 25.4. The number of nitrogens with two attached hydrogens (primary N) is 1. The number of carbonyl (C=O) groups is 2. The van der Waals surface area contributed by atoms with Gasteiger partial charge in [-0.15, -0.1) is 11.3 Å². The lowest BCUT2D eigenvalue weighted by atomic mass is 9.87. The van der Waals surface area contributed by atoms with Gasteiger partial charge in [-0.05, 0) is 48.9 Å². The van der Waals surface area contributed by atoms with Crippen molar-refractivity contribution in [2.75, 3.05) is 5.32 Å². The zero-order chi connectivity index (χ0) is 17.4. The van der Waals surface area contributed by atoms with E-state index >= 15 is 0 Å². The molecular formula is C17H16BrFN2O2S. The first-order valence-corrected chi connectivity index (χ1v) is 9.18. The Morgan fingerprint density at radius 2 is 2.17 bits per heavy atom. The maximum Gasteiger partial charge on any atom is 0.259 e. The average Bonchev–Trinajstić information content (AvgIpc) is 2.84. The Bertz CT molecular complexity index is 834. The number of thiophene rings is 1. The Kier molecular flexibility index (Phi) is 4.73. The van der Waals surface area contributed by atoms with Crippen LogP contribution in [-0.2, 0) is 12.8 Å². The van der Waals surface area contributed by atoms with Crippen molar-refractivity contribution in [2.45, 2.75) is 26.2 Å². The van der Waals surface area contributed by atoms with Gasteiger partial charge in [0.05, 0.1) is 11.1 Å². The van der Waals surface area contributed by atoms with Crippen molar-refractivity contribution in [1.29, 1.82) is 0 Å². The highest BCUT2D eigenvalue weighted by molar-refractivity contribution is 9.10. The number of aryl methyl sites for hydroxylation is 1. The average molecular weight is 411 g/mol. The predicted octanol–water partition coefficient (Wildman–Crippen LogP) is 4.13. The zero-order valence-electron chi connectivity index (χ0n) is 13.0. The fourth-order valence-electron chi connectivity index (χ4n) is 2.95. The first kappa shape index (κ1) is 17.1. The number of hydrogen-bond acceptors (Lipinski definition) is 3. The lowest BCUT2D eigenvalue weighted by molar-refractivity contribution is 0.1000. The summed E-state index contributed by atoms with van der Waals surface area (Å²) in [5.74, 6) is -1.31. The van der Waals surface area contributed by atoms with Crippen molar-refractivity contribution in [3.8, 4) is 0 Å². The molecule has 24 heavy (non-hydrogen) atoms. The van der Waals surface area contributed by atoms with Gasteiger partial charge in [-0.2, -0.15) is 0 Å². The van der Waals surface area contributed by atoms with E-state index in [2.05, 4.69) is 28.2 Å². The van der Waals surface area contributed by atoms with Crippen molar-refractivity contribution in [1.82, 2.24) is 0 Å². The van der Waals surface area contributed by atoms with Gasteiger partial charge in [0.15, 0.2) is 0 Å². The first-order chi connectivity index (χ1) is 11.4. The van der Waals surface area contributed by atoms with E-state index in [-0.39, 0.29) is 5.56 Å². The van der Waals surface area contributed by atoms with Crippen molar-refractivity contribution >= 4 is 44.1 Å². The largest absolute Gasteiger partial charge is 0.365 e. The molecule has 2 amide bonds. The molecule has 1 aliphatic carbocycles. The lowest BCUT2D eigenvalue weighted by Gasteiger charge is -2.18. The fourth-order valence-corrected chi connectivity index (χ4v) is 4.53. The number of halogens is 2. The van der Waals surface area contributed by atoms with E-state index in [1.165, 1.54) is 23.5 Å². The maximum absolute atomic E-state index is 14.0. The molecular weight excluding hydrogens is 395 g/mol. The van der Waals surface area contributed by atoms with Gasteiger partial charge in [0.1, 0.15) is 10.8 Å². The smallest absolute Gasteiger partial charge is 0.259 e. The molecule has 7 heteroatoms. The number of fused-ring (bicyclic) bond motifs is 1. The number of hydrogen-bond donors (Lipinski definition) is 2. The second-order valence-electron chi connectivity index (χ2n) is 6.00. The van der Waals surface area contributed by atoms with Gasteiger partial charge in [-0.1, -0.05) is 22.9 Å². The summed E-state index contributed by atoms with van der Waals surface area (Å²) in [6.45, 7) is 2.13. The number of primary amides is 1. The molecule has 0 aliphatic heterocycles. The first-order valence-electron chi connectivity index (χ1n) is 7.57. The molecule has 0 saturated heterocycles. The van der Waals surface area contributed by atoms with Crippen LogP contribution >= 0.6 is 27.3 Å². The summed E-state index contributed by atoms with van der Waals surface area (Å²) in [7, 11) is 0. The number of rotatable bonds is 3. The number of carbonyl (C=O) groups excluding carboxylic acids is 2. The summed E-state index contributed by atoms with van der Waals surface area (Å²) in [5.41, 5.74) is 6.75. The monoisotopic (exact) mass is 410 g/mol. The SMILES string of the molecule is C[C@H]1CCc2sc(NC(=O)c3ccc(Br)cc3F)c(C(N)=O)c2C1.